The fourth-order valence-electron chi connectivity index (χ4n) is 1.71. The van der Waals surface area contributed by atoms with Crippen LogP contribution in [0.15, 0.2) is 27.7 Å². The van der Waals surface area contributed by atoms with Gasteiger partial charge in [0.2, 0.25) is 0 Å². The minimum Gasteiger partial charge on any atom is -0.358 e. The summed E-state index contributed by atoms with van der Waals surface area (Å²) in [5.41, 5.74) is 2.47. The summed E-state index contributed by atoms with van der Waals surface area (Å²) >= 11 is 3.51. The van der Waals surface area contributed by atoms with E-state index in [1.165, 1.54) is 11.1 Å². The van der Waals surface area contributed by atoms with Gasteiger partial charge in [-0.05, 0) is 30.7 Å². The van der Waals surface area contributed by atoms with Crippen LogP contribution in [0.5, 0.6) is 0 Å². The smallest absolute Gasteiger partial charge is 0.130 e. The van der Waals surface area contributed by atoms with E-state index in [4.69, 9.17) is 0 Å². The summed E-state index contributed by atoms with van der Waals surface area (Å²) in [6.45, 7) is 4.04. The van der Waals surface area contributed by atoms with Gasteiger partial charge in [0.25, 0.3) is 0 Å². The molecule has 0 N–H and O–H groups in total. The molecule has 0 bridgehead atoms. The number of amidine groups is 1. The predicted octanol–water partition coefficient (Wildman–Crippen LogP) is 2.45. The van der Waals surface area contributed by atoms with Gasteiger partial charge in [0.05, 0.1) is 6.54 Å². The number of aliphatic imine (C=N–C) groups is 1. The van der Waals surface area contributed by atoms with Gasteiger partial charge in [-0.2, -0.15) is 0 Å². The summed E-state index contributed by atoms with van der Waals surface area (Å²) in [6.07, 6.45) is 0. The van der Waals surface area contributed by atoms with Crippen molar-refractivity contribution in [2.24, 2.45) is 4.99 Å². The zero-order valence-electron chi connectivity index (χ0n) is 8.42. The summed E-state index contributed by atoms with van der Waals surface area (Å²) in [6, 6.07) is 6.40. The van der Waals surface area contributed by atoms with Crippen LogP contribution in [0.1, 0.15) is 11.1 Å². The van der Waals surface area contributed by atoms with E-state index in [9.17, 15) is 0 Å². The fourth-order valence-corrected chi connectivity index (χ4v) is 2.32. The van der Waals surface area contributed by atoms with Crippen molar-refractivity contribution in [2.45, 2.75) is 6.92 Å². The highest BCUT2D eigenvalue weighted by molar-refractivity contribution is 9.10. The first-order valence-corrected chi connectivity index (χ1v) is 5.49. The molecule has 3 heteroatoms. The molecule has 0 aromatic heterocycles. The Labute approximate surface area is 92.8 Å². The van der Waals surface area contributed by atoms with E-state index in [1.807, 2.05) is 0 Å². The zero-order chi connectivity index (χ0) is 10.1. The number of aryl methyl sites for hydroxylation is 1. The zero-order valence-corrected chi connectivity index (χ0v) is 10.0. The van der Waals surface area contributed by atoms with E-state index < -0.39 is 0 Å². The van der Waals surface area contributed by atoms with Crippen LogP contribution in [0.3, 0.4) is 0 Å². The summed E-state index contributed by atoms with van der Waals surface area (Å²) in [4.78, 5) is 6.69. The van der Waals surface area contributed by atoms with Crippen molar-refractivity contribution in [1.29, 1.82) is 0 Å². The molecule has 14 heavy (non-hydrogen) atoms. The molecule has 1 aromatic rings. The first kappa shape index (κ1) is 9.71. The van der Waals surface area contributed by atoms with Crippen LogP contribution in [0.4, 0.5) is 0 Å². The molecule has 74 valence electrons. The maximum Gasteiger partial charge on any atom is 0.130 e. The van der Waals surface area contributed by atoms with Crippen molar-refractivity contribution in [3.8, 4) is 0 Å². The van der Waals surface area contributed by atoms with Gasteiger partial charge in [-0.1, -0.05) is 15.9 Å². The van der Waals surface area contributed by atoms with Crippen LogP contribution in [0, 0.1) is 6.92 Å². The molecule has 1 aromatic carbocycles. The van der Waals surface area contributed by atoms with Crippen LogP contribution in [-0.4, -0.2) is 30.9 Å². The van der Waals surface area contributed by atoms with Crippen molar-refractivity contribution in [3.63, 3.8) is 0 Å². The molecule has 0 unspecified atom stereocenters. The Hall–Kier alpha value is -0.830. The van der Waals surface area contributed by atoms with Gasteiger partial charge in [-0.3, -0.25) is 4.99 Å². The highest BCUT2D eigenvalue weighted by atomic mass is 79.9. The molecule has 1 heterocycles. The summed E-state index contributed by atoms with van der Waals surface area (Å²) in [7, 11) is 2.09. The van der Waals surface area contributed by atoms with Crippen LogP contribution in [0.25, 0.3) is 0 Å². The van der Waals surface area contributed by atoms with Crippen molar-refractivity contribution in [2.75, 3.05) is 20.1 Å². The number of rotatable bonds is 1. The summed E-state index contributed by atoms with van der Waals surface area (Å²) in [5.74, 6) is 1.11. The van der Waals surface area contributed by atoms with E-state index in [2.05, 4.69) is 58.0 Å². The van der Waals surface area contributed by atoms with E-state index in [-0.39, 0.29) is 0 Å². The van der Waals surface area contributed by atoms with Gasteiger partial charge in [-0.15, -0.1) is 0 Å². The molecule has 0 saturated carbocycles. The first-order valence-electron chi connectivity index (χ1n) is 4.70. The first-order chi connectivity index (χ1) is 6.66. The third-order valence-electron chi connectivity index (χ3n) is 2.36. The Bertz CT molecular complexity index is 365. The Morgan fingerprint density at radius 3 is 2.71 bits per heavy atom. The fraction of sp³-hybridized carbons (Fsp3) is 0.364. The molecule has 0 fully saturated rings. The predicted molar refractivity (Wildman–Crippen MR) is 62.9 cm³/mol. The van der Waals surface area contributed by atoms with Gasteiger partial charge >= 0.3 is 0 Å². The molecule has 1 aliphatic rings. The number of nitrogens with zero attached hydrogens (tertiary/aromatic N) is 2. The van der Waals surface area contributed by atoms with Crippen molar-refractivity contribution in [1.82, 2.24) is 4.90 Å². The second-order valence-electron chi connectivity index (χ2n) is 3.64. The van der Waals surface area contributed by atoms with Crippen molar-refractivity contribution in [3.05, 3.63) is 33.8 Å². The number of hydrogen-bond donors (Lipinski definition) is 0. The highest BCUT2D eigenvalue weighted by Gasteiger charge is 2.14. The second kappa shape index (κ2) is 3.73. The van der Waals surface area contributed by atoms with E-state index in [0.717, 1.165) is 23.4 Å². The molecule has 0 atom stereocenters. The standard InChI is InChI=1S/C11H13BrN2/c1-8-5-9(7-10(12)6-8)11-13-3-4-14(11)2/h5-7H,3-4H2,1-2H3. The quantitative estimate of drug-likeness (QED) is 0.750. The lowest BCUT2D eigenvalue weighted by Crippen LogP contribution is -2.23. The molecule has 0 spiro atoms. The average Bonchev–Trinajstić information content (AvgIpc) is 2.49. The van der Waals surface area contributed by atoms with E-state index >= 15 is 0 Å². The largest absolute Gasteiger partial charge is 0.358 e. The summed E-state index contributed by atoms with van der Waals surface area (Å²) < 4.78 is 1.12. The Morgan fingerprint density at radius 1 is 1.36 bits per heavy atom. The van der Waals surface area contributed by atoms with E-state index in [1.54, 1.807) is 0 Å². The maximum absolute atomic E-state index is 4.49. The normalized spacial score (nSPS) is 15.9. The second-order valence-corrected chi connectivity index (χ2v) is 4.56. The maximum atomic E-state index is 4.49. The van der Waals surface area contributed by atoms with Gasteiger partial charge in [0.15, 0.2) is 0 Å². The highest BCUT2D eigenvalue weighted by Crippen LogP contribution is 2.18. The van der Waals surface area contributed by atoms with Crippen LogP contribution in [0.2, 0.25) is 0 Å². The van der Waals surface area contributed by atoms with Crippen LogP contribution in [-0.2, 0) is 0 Å². The third kappa shape index (κ3) is 1.82. The average molecular weight is 253 g/mol. The minimum absolute atomic E-state index is 0.914. The lowest BCUT2D eigenvalue weighted by atomic mass is 10.1. The Morgan fingerprint density at radius 2 is 2.14 bits per heavy atom. The molecular formula is C11H13BrN2. The lowest BCUT2D eigenvalue weighted by molar-refractivity contribution is 0.557. The van der Waals surface area contributed by atoms with Crippen molar-refractivity contribution >= 4 is 21.8 Å². The van der Waals surface area contributed by atoms with Gasteiger partial charge in [0, 0.05) is 23.6 Å². The molecule has 1 aliphatic heterocycles. The Kier molecular flexibility index (Phi) is 2.59. The minimum atomic E-state index is 0.914. The molecule has 2 nitrogen and oxygen atoms in total. The Balaban J connectivity index is 2.41. The van der Waals surface area contributed by atoms with E-state index in [0.29, 0.717) is 0 Å². The number of benzene rings is 1. The molecule has 0 saturated heterocycles. The third-order valence-corrected chi connectivity index (χ3v) is 2.82. The SMILES string of the molecule is Cc1cc(Br)cc(C2=NCCN2C)c1. The van der Waals surface area contributed by atoms with Crippen LogP contribution >= 0.6 is 15.9 Å². The molecule has 2 rings (SSSR count). The number of likely N-dealkylation sites (N-methyl/N-ethyl adjacent to an activating group) is 1. The monoisotopic (exact) mass is 252 g/mol. The molecule has 0 aliphatic carbocycles. The molecule has 0 amide bonds. The van der Waals surface area contributed by atoms with Crippen molar-refractivity contribution < 1.29 is 0 Å². The molecule has 0 radical (unpaired) electrons. The number of hydrogen-bond acceptors (Lipinski definition) is 2. The summed E-state index contributed by atoms with van der Waals surface area (Å²) in [5, 5.41) is 0. The van der Waals surface area contributed by atoms with Crippen LogP contribution < -0.4 is 0 Å². The molecular weight excluding hydrogens is 240 g/mol. The van der Waals surface area contributed by atoms with Gasteiger partial charge < -0.3 is 4.90 Å². The van der Waals surface area contributed by atoms with Gasteiger partial charge in [-0.25, -0.2) is 0 Å². The van der Waals surface area contributed by atoms with Gasteiger partial charge in [0.1, 0.15) is 5.84 Å². The topological polar surface area (TPSA) is 15.6 Å². The number of halogens is 1. The lowest BCUT2D eigenvalue weighted by Gasteiger charge is -2.14.